The lowest BCUT2D eigenvalue weighted by molar-refractivity contribution is 0.356. The van der Waals surface area contributed by atoms with Crippen LogP contribution in [-0.4, -0.2) is 24.2 Å². The van der Waals surface area contributed by atoms with E-state index in [1.54, 1.807) is 14.2 Å². The van der Waals surface area contributed by atoms with Crippen LogP contribution in [0.25, 0.3) is 21.7 Å². The third-order valence-electron chi connectivity index (χ3n) is 5.49. The van der Waals surface area contributed by atoms with Gasteiger partial charge < -0.3 is 14.5 Å². The standard InChI is InChI=1S/C25H26N2O3.2ClH/c1-5-6-21-19-13-24(30-4)23(29-3)12-18(19)20(25(28)27-21)11-16-10-17-8-7-15(2)9-22(17)26-14-16;;/h7-10,12-14H,5-6,11H2,1-4H3,(H,27,28);2*1H. The maximum absolute atomic E-state index is 13.0. The van der Waals surface area contributed by atoms with Gasteiger partial charge in [0.2, 0.25) is 0 Å². The average molecular weight is 475 g/mol. The van der Waals surface area contributed by atoms with E-state index in [1.807, 2.05) is 18.3 Å². The average Bonchev–Trinajstić information content (AvgIpc) is 2.75. The van der Waals surface area contributed by atoms with Crippen LogP contribution in [0.3, 0.4) is 0 Å². The molecule has 0 aliphatic rings. The molecule has 0 aliphatic carbocycles. The molecular weight excluding hydrogens is 447 g/mol. The number of H-pyrrole nitrogens is 1. The fraction of sp³-hybridized carbons (Fsp3) is 0.280. The Balaban J connectivity index is 0.00000181. The first kappa shape index (κ1) is 25.5. The lowest BCUT2D eigenvalue weighted by atomic mass is 9.97. The third kappa shape index (κ3) is 4.84. The summed E-state index contributed by atoms with van der Waals surface area (Å²) in [5.74, 6) is 1.27. The van der Waals surface area contributed by atoms with Crippen molar-refractivity contribution in [2.75, 3.05) is 14.2 Å². The molecule has 0 unspecified atom stereocenters. The minimum Gasteiger partial charge on any atom is -0.493 e. The number of aryl methyl sites for hydroxylation is 2. The van der Waals surface area contributed by atoms with Gasteiger partial charge in [-0.15, -0.1) is 24.8 Å². The molecule has 4 aromatic rings. The second-order valence-corrected chi connectivity index (χ2v) is 7.63. The zero-order valence-corrected chi connectivity index (χ0v) is 20.3. The number of fused-ring (bicyclic) bond motifs is 2. The summed E-state index contributed by atoms with van der Waals surface area (Å²) in [5.41, 5.74) is 4.70. The summed E-state index contributed by atoms with van der Waals surface area (Å²) in [6, 6.07) is 12.2. The van der Waals surface area contributed by atoms with Crippen molar-refractivity contribution in [2.24, 2.45) is 0 Å². The highest BCUT2D eigenvalue weighted by Gasteiger charge is 2.16. The van der Waals surface area contributed by atoms with Gasteiger partial charge in [-0.3, -0.25) is 9.78 Å². The van der Waals surface area contributed by atoms with Crippen LogP contribution < -0.4 is 15.0 Å². The van der Waals surface area contributed by atoms with Gasteiger partial charge in [0, 0.05) is 34.6 Å². The van der Waals surface area contributed by atoms with Gasteiger partial charge in [0.1, 0.15) is 0 Å². The van der Waals surface area contributed by atoms with Crippen molar-refractivity contribution in [3.63, 3.8) is 0 Å². The van der Waals surface area contributed by atoms with Crippen LogP contribution in [0.2, 0.25) is 0 Å². The first-order valence-corrected chi connectivity index (χ1v) is 10.2. The van der Waals surface area contributed by atoms with Crippen LogP contribution in [0, 0.1) is 6.92 Å². The Morgan fingerprint density at radius 1 is 0.969 bits per heavy atom. The number of hydrogen-bond donors (Lipinski definition) is 1. The summed E-state index contributed by atoms with van der Waals surface area (Å²) in [5, 5.41) is 2.96. The largest absolute Gasteiger partial charge is 0.493 e. The number of aromatic amines is 1. The lowest BCUT2D eigenvalue weighted by Crippen LogP contribution is -2.16. The molecule has 2 aromatic carbocycles. The predicted molar refractivity (Wildman–Crippen MR) is 135 cm³/mol. The van der Waals surface area contributed by atoms with E-state index >= 15 is 0 Å². The molecule has 0 bridgehead atoms. The summed E-state index contributed by atoms with van der Waals surface area (Å²) >= 11 is 0. The van der Waals surface area contributed by atoms with E-state index in [1.165, 1.54) is 5.56 Å². The molecule has 2 aromatic heterocycles. The second kappa shape index (κ2) is 10.7. The number of hydrogen-bond acceptors (Lipinski definition) is 4. The highest BCUT2D eigenvalue weighted by Crippen LogP contribution is 2.34. The number of benzene rings is 2. The van der Waals surface area contributed by atoms with Crippen LogP contribution in [0.5, 0.6) is 11.5 Å². The Morgan fingerprint density at radius 2 is 1.66 bits per heavy atom. The van der Waals surface area contributed by atoms with Crippen LogP contribution in [0.1, 0.15) is 35.7 Å². The lowest BCUT2D eigenvalue weighted by Gasteiger charge is -2.15. The van der Waals surface area contributed by atoms with Gasteiger partial charge in [0.15, 0.2) is 11.5 Å². The van der Waals surface area contributed by atoms with Gasteiger partial charge in [-0.2, -0.15) is 0 Å². The topological polar surface area (TPSA) is 64.2 Å². The fourth-order valence-corrected chi connectivity index (χ4v) is 3.98. The van der Waals surface area contributed by atoms with E-state index in [4.69, 9.17) is 9.47 Å². The van der Waals surface area contributed by atoms with Crippen LogP contribution in [0.15, 0.2) is 47.4 Å². The number of pyridine rings is 2. The van der Waals surface area contributed by atoms with Gasteiger partial charge >= 0.3 is 0 Å². The van der Waals surface area contributed by atoms with E-state index in [-0.39, 0.29) is 30.4 Å². The van der Waals surface area contributed by atoms with Crippen LogP contribution in [-0.2, 0) is 12.8 Å². The summed E-state index contributed by atoms with van der Waals surface area (Å²) in [7, 11) is 3.23. The Kier molecular flexibility index (Phi) is 8.53. The minimum atomic E-state index is -0.0674. The molecule has 0 spiro atoms. The van der Waals surface area contributed by atoms with E-state index in [2.05, 4.69) is 48.1 Å². The zero-order valence-electron chi connectivity index (χ0n) is 18.7. The Morgan fingerprint density at radius 3 is 2.31 bits per heavy atom. The number of ether oxygens (including phenoxy) is 2. The molecule has 5 nitrogen and oxygen atoms in total. The van der Waals surface area contributed by atoms with Crippen molar-refractivity contribution < 1.29 is 9.47 Å². The molecule has 0 aliphatic heterocycles. The molecule has 32 heavy (non-hydrogen) atoms. The SMILES string of the molecule is CCCc1[nH]c(=O)c(Cc2cnc3cc(C)ccc3c2)c2cc(OC)c(OC)cc12.Cl.Cl. The minimum absolute atomic E-state index is 0. The number of nitrogens with one attached hydrogen (secondary N) is 1. The molecule has 0 radical (unpaired) electrons. The van der Waals surface area contributed by atoms with E-state index < -0.39 is 0 Å². The molecule has 0 amide bonds. The number of rotatable bonds is 6. The van der Waals surface area contributed by atoms with E-state index in [9.17, 15) is 4.79 Å². The van der Waals surface area contributed by atoms with Crippen LogP contribution in [0.4, 0.5) is 0 Å². The van der Waals surface area contributed by atoms with Crippen molar-refractivity contribution in [1.29, 1.82) is 0 Å². The predicted octanol–water partition coefficient (Wildman–Crippen LogP) is 5.79. The van der Waals surface area contributed by atoms with Crippen molar-refractivity contribution in [1.82, 2.24) is 9.97 Å². The van der Waals surface area contributed by atoms with Gasteiger partial charge in [-0.25, -0.2) is 0 Å². The summed E-state index contributed by atoms with van der Waals surface area (Å²) < 4.78 is 11.0. The molecular formula is C25H28Cl2N2O3. The maximum atomic E-state index is 13.0. The summed E-state index contributed by atoms with van der Waals surface area (Å²) in [6.07, 6.45) is 4.07. The van der Waals surface area contributed by atoms with Gasteiger partial charge in [-0.1, -0.05) is 25.5 Å². The molecule has 0 atom stereocenters. The molecule has 0 saturated carbocycles. The van der Waals surface area contributed by atoms with Gasteiger partial charge in [-0.05, 0) is 54.1 Å². The Labute approximate surface area is 200 Å². The highest BCUT2D eigenvalue weighted by molar-refractivity contribution is 5.91. The number of methoxy groups -OCH3 is 2. The zero-order chi connectivity index (χ0) is 21.3. The number of halogens is 2. The Bertz CT molecular complexity index is 1300. The van der Waals surface area contributed by atoms with Crippen molar-refractivity contribution in [3.8, 4) is 11.5 Å². The second-order valence-electron chi connectivity index (χ2n) is 7.63. The first-order chi connectivity index (χ1) is 14.5. The molecule has 1 N–H and O–H groups in total. The van der Waals surface area contributed by atoms with Crippen LogP contribution >= 0.6 is 24.8 Å². The van der Waals surface area contributed by atoms with E-state index in [0.29, 0.717) is 23.5 Å². The van der Waals surface area contributed by atoms with Gasteiger partial charge in [0.05, 0.1) is 19.7 Å². The first-order valence-electron chi connectivity index (χ1n) is 10.2. The van der Waals surface area contributed by atoms with E-state index in [0.717, 1.165) is 45.8 Å². The highest BCUT2D eigenvalue weighted by atomic mass is 35.5. The Hall–Kier alpha value is -2.76. The molecule has 0 saturated heterocycles. The van der Waals surface area contributed by atoms with Crippen molar-refractivity contribution >= 4 is 46.5 Å². The number of aromatic nitrogens is 2. The normalized spacial score (nSPS) is 10.5. The van der Waals surface area contributed by atoms with Crippen molar-refractivity contribution in [3.05, 3.63) is 75.3 Å². The van der Waals surface area contributed by atoms with Crippen molar-refractivity contribution in [2.45, 2.75) is 33.1 Å². The third-order valence-corrected chi connectivity index (χ3v) is 5.49. The smallest absolute Gasteiger partial charge is 0.252 e. The quantitative estimate of drug-likeness (QED) is 0.384. The maximum Gasteiger partial charge on any atom is 0.252 e. The van der Waals surface area contributed by atoms with Gasteiger partial charge in [0.25, 0.3) is 5.56 Å². The summed E-state index contributed by atoms with van der Waals surface area (Å²) in [6.45, 7) is 4.15. The molecule has 0 fully saturated rings. The molecule has 4 rings (SSSR count). The molecule has 7 heteroatoms. The summed E-state index contributed by atoms with van der Waals surface area (Å²) in [4.78, 5) is 20.7. The fourth-order valence-electron chi connectivity index (χ4n) is 3.98. The number of nitrogens with zero attached hydrogens (tertiary/aromatic N) is 1. The molecule has 2 heterocycles. The monoisotopic (exact) mass is 474 g/mol. The molecule has 170 valence electrons.